The Morgan fingerprint density at radius 1 is 0.647 bits per heavy atom. The molecule has 0 heterocycles. The van der Waals surface area contributed by atoms with Crippen LogP contribution in [-0.2, 0) is 5.41 Å². The smallest absolute Gasteiger partial charge is 0.0991 e. The number of para-hydroxylation sites is 2. The van der Waals surface area contributed by atoms with E-state index < -0.39 is 5.41 Å². The molecule has 162 valence electrons. The molecule has 0 bridgehead atoms. The number of benzene rings is 4. The average molecular weight is 438 g/mol. The second-order valence-corrected chi connectivity index (χ2v) is 8.70. The van der Waals surface area contributed by atoms with E-state index in [9.17, 15) is 10.5 Å². The molecule has 4 aromatic carbocycles. The van der Waals surface area contributed by atoms with Crippen LogP contribution in [0, 0.1) is 22.7 Å². The number of hydrogen-bond acceptors (Lipinski definition) is 3. The van der Waals surface area contributed by atoms with Gasteiger partial charge in [-0.15, -0.1) is 0 Å². The Bertz CT molecular complexity index is 1430. The maximum absolute atomic E-state index is 9.70. The summed E-state index contributed by atoms with van der Waals surface area (Å²) in [6.07, 6.45) is 4.21. The van der Waals surface area contributed by atoms with E-state index in [4.69, 9.17) is 0 Å². The molecule has 0 fully saturated rings. The van der Waals surface area contributed by atoms with Gasteiger partial charge in [0.2, 0.25) is 0 Å². The number of fused-ring (bicyclic) bond motifs is 2. The van der Waals surface area contributed by atoms with Crippen LogP contribution in [0.5, 0.6) is 0 Å². The molecule has 0 radical (unpaired) electrons. The van der Waals surface area contributed by atoms with E-state index in [0.29, 0.717) is 11.1 Å². The van der Waals surface area contributed by atoms with E-state index in [0.717, 1.165) is 39.2 Å². The topological polar surface area (TPSA) is 50.8 Å². The molecule has 0 spiro atoms. The zero-order valence-electron chi connectivity index (χ0n) is 19.2. The lowest BCUT2D eigenvalue weighted by atomic mass is 9.68. The van der Waals surface area contributed by atoms with Gasteiger partial charge in [0.05, 0.1) is 23.3 Å². The lowest BCUT2D eigenvalue weighted by Crippen LogP contribution is -2.29. The van der Waals surface area contributed by atoms with Crippen LogP contribution in [-0.4, -0.2) is 7.05 Å². The van der Waals surface area contributed by atoms with Crippen molar-refractivity contribution in [2.24, 2.45) is 0 Å². The SMILES string of the molecule is CN(c1ccccc1)c1ccccc1C1(C)c2cc(C#N)ccc2C=Cc2ccc(C#N)cc21. The molecule has 4 aromatic rings. The minimum atomic E-state index is -0.604. The molecule has 3 heteroatoms. The van der Waals surface area contributed by atoms with Crippen molar-refractivity contribution in [2.75, 3.05) is 11.9 Å². The third-order valence-corrected chi connectivity index (χ3v) is 6.83. The van der Waals surface area contributed by atoms with E-state index >= 15 is 0 Å². The van der Waals surface area contributed by atoms with Crippen LogP contribution in [0.1, 0.15) is 45.9 Å². The summed E-state index contributed by atoms with van der Waals surface area (Å²) in [6, 6.07) is 35.0. The van der Waals surface area contributed by atoms with Crippen molar-refractivity contribution in [1.29, 1.82) is 10.5 Å². The van der Waals surface area contributed by atoms with Crippen LogP contribution in [0.2, 0.25) is 0 Å². The third-order valence-electron chi connectivity index (χ3n) is 6.83. The highest BCUT2D eigenvalue weighted by Crippen LogP contribution is 2.48. The molecule has 1 aliphatic carbocycles. The predicted molar refractivity (Wildman–Crippen MR) is 138 cm³/mol. The van der Waals surface area contributed by atoms with Crippen LogP contribution in [0.3, 0.4) is 0 Å². The lowest BCUT2D eigenvalue weighted by Gasteiger charge is -2.37. The van der Waals surface area contributed by atoms with Crippen molar-refractivity contribution in [3.8, 4) is 12.1 Å². The summed E-state index contributed by atoms with van der Waals surface area (Å²) >= 11 is 0. The fraction of sp³-hybridized carbons (Fsp3) is 0.0968. The highest BCUT2D eigenvalue weighted by Gasteiger charge is 2.38. The normalized spacial score (nSPS) is 13.1. The zero-order chi connectivity index (χ0) is 23.7. The lowest BCUT2D eigenvalue weighted by molar-refractivity contribution is 0.689. The maximum Gasteiger partial charge on any atom is 0.0991 e. The van der Waals surface area contributed by atoms with E-state index in [1.807, 2.05) is 54.6 Å². The molecule has 0 saturated heterocycles. The Labute approximate surface area is 200 Å². The summed E-state index contributed by atoms with van der Waals surface area (Å²) in [5.41, 5.74) is 8.12. The summed E-state index contributed by atoms with van der Waals surface area (Å²) in [6.45, 7) is 2.21. The van der Waals surface area contributed by atoms with Crippen molar-refractivity contribution in [2.45, 2.75) is 12.3 Å². The van der Waals surface area contributed by atoms with Gasteiger partial charge in [0, 0.05) is 23.8 Å². The first-order chi connectivity index (χ1) is 16.6. The summed E-state index contributed by atoms with van der Waals surface area (Å²) < 4.78 is 0. The van der Waals surface area contributed by atoms with Crippen molar-refractivity contribution >= 4 is 23.5 Å². The third kappa shape index (κ3) is 3.36. The van der Waals surface area contributed by atoms with Crippen molar-refractivity contribution in [3.05, 3.63) is 130 Å². The predicted octanol–water partition coefficient (Wildman–Crippen LogP) is 7.04. The Kier molecular flexibility index (Phi) is 5.25. The van der Waals surface area contributed by atoms with Crippen LogP contribution in [0.4, 0.5) is 11.4 Å². The van der Waals surface area contributed by atoms with Crippen molar-refractivity contribution in [1.82, 2.24) is 0 Å². The number of nitriles is 2. The van der Waals surface area contributed by atoms with Gasteiger partial charge in [0.1, 0.15) is 0 Å². The summed E-state index contributed by atoms with van der Waals surface area (Å²) in [5, 5.41) is 19.4. The maximum atomic E-state index is 9.70. The van der Waals surface area contributed by atoms with Gasteiger partial charge in [-0.3, -0.25) is 0 Å². The summed E-state index contributed by atoms with van der Waals surface area (Å²) in [4.78, 5) is 2.19. The molecule has 5 rings (SSSR count). The van der Waals surface area contributed by atoms with Crippen LogP contribution in [0.15, 0.2) is 91.0 Å². The first kappa shape index (κ1) is 21.3. The summed E-state index contributed by atoms with van der Waals surface area (Å²) in [5.74, 6) is 0. The standard InChI is InChI=1S/C31H23N3/c1-31(27-10-6-7-11-30(27)34(2)26-8-4-3-5-9-26)28-18-22(20-32)12-14-24(28)16-17-25-15-13-23(21-33)19-29(25)31/h3-19H,1-2H3. The van der Waals surface area contributed by atoms with E-state index in [-0.39, 0.29) is 0 Å². The molecular weight excluding hydrogens is 414 g/mol. The van der Waals surface area contributed by atoms with Gasteiger partial charge in [-0.25, -0.2) is 0 Å². The fourth-order valence-corrected chi connectivity index (χ4v) is 5.00. The van der Waals surface area contributed by atoms with Gasteiger partial charge < -0.3 is 4.90 Å². The molecule has 0 unspecified atom stereocenters. The monoisotopic (exact) mass is 437 g/mol. The van der Waals surface area contributed by atoms with Crippen molar-refractivity contribution < 1.29 is 0 Å². The van der Waals surface area contributed by atoms with Gasteiger partial charge in [-0.05, 0) is 77.2 Å². The highest BCUT2D eigenvalue weighted by atomic mass is 15.1. The second kappa shape index (κ2) is 8.39. The molecule has 3 nitrogen and oxygen atoms in total. The number of anilines is 2. The molecule has 0 amide bonds. The quantitative estimate of drug-likeness (QED) is 0.345. The Hall–Kier alpha value is -4.60. The minimum absolute atomic E-state index is 0.604. The first-order valence-corrected chi connectivity index (χ1v) is 11.2. The Balaban J connectivity index is 1.86. The van der Waals surface area contributed by atoms with Gasteiger partial charge in [0.15, 0.2) is 0 Å². The number of nitrogens with zero attached hydrogens (tertiary/aromatic N) is 3. The Morgan fingerprint density at radius 3 is 1.74 bits per heavy atom. The molecule has 34 heavy (non-hydrogen) atoms. The first-order valence-electron chi connectivity index (χ1n) is 11.2. The molecule has 0 aliphatic heterocycles. The molecule has 0 aromatic heterocycles. The Morgan fingerprint density at radius 2 is 1.18 bits per heavy atom. The largest absolute Gasteiger partial charge is 0.344 e. The average Bonchev–Trinajstić information content (AvgIpc) is 3.03. The zero-order valence-corrected chi connectivity index (χ0v) is 19.2. The molecule has 1 aliphatic rings. The molecule has 0 atom stereocenters. The van der Waals surface area contributed by atoms with Gasteiger partial charge in [-0.2, -0.15) is 10.5 Å². The second-order valence-electron chi connectivity index (χ2n) is 8.70. The number of hydrogen-bond donors (Lipinski definition) is 0. The van der Waals surface area contributed by atoms with E-state index in [1.54, 1.807) is 0 Å². The van der Waals surface area contributed by atoms with Gasteiger partial charge >= 0.3 is 0 Å². The summed E-state index contributed by atoms with van der Waals surface area (Å²) in [7, 11) is 2.08. The van der Waals surface area contributed by atoms with Crippen molar-refractivity contribution in [3.63, 3.8) is 0 Å². The molecule has 0 N–H and O–H groups in total. The van der Waals surface area contributed by atoms with Crippen LogP contribution >= 0.6 is 0 Å². The minimum Gasteiger partial charge on any atom is -0.344 e. The fourth-order valence-electron chi connectivity index (χ4n) is 5.00. The van der Waals surface area contributed by atoms with Crippen LogP contribution < -0.4 is 4.90 Å². The molecule has 0 saturated carbocycles. The van der Waals surface area contributed by atoms with E-state index in [1.165, 1.54) is 0 Å². The highest BCUT2D eigenvalue weighted by molar-refractivity contribution is 5.82. The van der Waals surface area contributed by atoms with Gasteiger partial charge in [-0.1, -0.05) is 60.7 Å². The van der Waals surface area contributed by atoms with E-state index in [2.05, 4.69) is 79.6 Å². The molecular formula is C31H23N3. The van der Waals surface area contributed by atoms with Gasteiger partial charge in [0.25, 0.3) is 0 Å². The number of rotatable bonds is 3. The van der Waals surface area contributed by atoms with Crippen LogP contribution in [0.25, 0.3) is 12.2 Å².